The van der Waals surface area contributed by atoms with Crippen molar-refractivity contribution in [1.82, 2.24) is 9.88 Å². The lowest BCUT2D eigenvalue weighted by Crippen LogP contribution is -2.48. The van der Waals surface area contributed by atoms with E-state index < -0.39 is 30.3 Å². The number of hydrogen-bond acceptors (Lipinski definition) is 8. The molecule has 236 valence electrons. The highest BCUT2D eigenvalue weighted by atomic mass is 32.2. The highest BCUT2D eigenvalue weighted by Crippen LogP contribution is 2.41. The molecule has 45 heavy (non-hydrogen) atoms. The number of carbonyl (C=O) groups excluding carboxylic acids is 2. The fraction of sp³-hybridized carbons (Fsp3) is 0.344. The van der Waals surface area contributed by atoms with Crippen molar-refractivity contribution in [3.05, 3.63) is 89.5 Å². The molecule has 3 heterocycles. The number of benzene rings is 3. The number of carbonyl (C=O) groups is 2. The average molecular weight is 658 g/mol. The number of rotatable bonds is 8. The normalized spacial score (nSPS) is 22.1. The Morgan fingerprint density at radius 3 is 2.60 bits per heavy atom. The number of alkyl halides is 3. The van der Waals surface area contributed by atoms with Crippen LogP contribution < -0.4 is 5.32 Å². The number of aliphatic hydroxyl groups excluding tert-OH is 1. The summed E-state index contributed by atoms with van der Waals surface area (Å²) in [5.41, 5.74) is 3.63. The first-order chi connectivity index (χ1) is 21.7. The van der Waals surface area contributed by atoms with Gasteiger partial charge < -0.3 is 24.8 Å². The van der Waals surface area contributed by atoms with Gasteiger partial charge in [0.1, 0.15) is 6.04 Å². The Labute approximate surface area is 265 Å². The fourth-order valence-corrected chi connectivity index (χ4v) is 7.65. The van der Waals surface area contributed by atoms with Gasteiger partial charge in [0, 0.05) is 30.0 Å². The summed E-state index contributed by atoms with van der Waals surface area (Å²) in [7, 11) is 0. The van der Waals surface area contributed by atoms with Crippen molar-refractivity contribution in [2.75, 3.05) is 17.6 Å². The Hall–Kier alpha value is -3.49. The molecule has 2 aliphatic heterocycles. The van der Waals surface area contributed by atoms with Gasteiger partial charge in [0.2, 0.25) is 5.91 Å². The lowest BCUT2D eigenvalue weighted by molar-refractivity contribution is -0.245. The highest BCUT2D eigenvalue weighted by molar-refractivity contribution is 8.01. The van der Waals surface area contributed by atoms with Crippen LogP contribution in [-0.4, -0.2) is 57.4 Å². The van der Waals surface area contributed by atoms with Gasteiger partial charge in [-0.25, -0.2) is 4.98 Å². The maximum absolute atomic E-state index is 13.1. The van der Waals surface area contributed by atoms with Gasteiger partial charge in [-0.1, -0.05) is 60.3 Å². The molecule has 4 atom stereocenters. The molecular formula is C32H30F3N3O5S2. The molecule has 0 saturated carbocycles. The highest BCUT2D eigenvalue weighted by Gasteiger charge is 2.47. The Kier molecular flexibility index (Phi) is 9.43. The Bertz CT molecular complexity index is 1630. The number of amides is 2. The predicted octanol–water partition coefficient (Wildman–Crippen LogP) is 6.62. The number of nitrogens with one attached hydrogen (secondary N) is 1. The number of thioether (sulfide) groups is 1. The number of anilines is 1. The van der Waals surface area contributed by atoms with E-state index in [0.717, 1.165) is 25.7 Å². The van der Waals surface area contributed by atoms with Gasteiger partial charge in [0.15, 0.2) is 10.6 Å². The van der Waals surface area contributed by atoms with Crippen LogP contribution in [-0.2, 0) is 25.7 Å². The standard InChI is InChI=1S/C32H30F3N3O5S2/c33-32(34,35)30(41)38-14-4-8-25(38)28(40)36-22-6-3-5-21(15-22)29-42-23(16-26(43-29)20-12-10-19(17-39)11-13-20)18-44-31-37-24-7-1-2-9-27(24)45-31/h1-3,5-7,9-13,15,23,25-26,29,39H,4,8,14,16-18H2,(H,36,40). The van der Waals surface area contributed by atoms with Crippen LogP contribution in [0, 0.1) is 0 Å². The van der Waals surface area contributed by atoms with Crippen LogP contribution in [0.5, 0.6) is 0 Å². The molecule has 2 N–H and O–H groups in total. The van der Waals surface area contributed by atoms with Crippen molar-refractivity contribution in [2.24, 2.45) is 0 Å². The van der Waals surface area contributed by atoms with E-state index in [1.165, 1.54) is 0 Å². The van der Waals surface area contributed by atoms with Crippen molar-refractivity contribution >= 4 is 50.8 Å². The lowest BCUT2D eigenvalue weighted by Gasteiger charge is -2.36. The van der Waals surface area contributed by atoms with Gasteiger partial charge in [-0.3, -0.25) is 9.59 Å². The number of hydrogen-bond donors (Lipinski definition) is 2. The third-order valence-corrected chi connectivity index (χ3v) is 10.1. The van der Waals surface area contributed by atoms with Gasteiger partial charge in [-0.15, -0.1) is 11.3 Å². The van der Waals surface area contributed by atoms with Crippen LogP contribution in [0.4, 0.5) is 18.9 Å². The molecule has 2 amide bonds. The summed E-state index contributed by atoms with van der Waals surface area (Å²) in [5.74, 6) is -2.07. The number of likely N-dealkylation sites (tertiary alicyclic amines) is 1. The molecule has 2 saturated heterocycles. The molecule has 4 unspecified atom stereocenters. The van der Waals surface area contributed by atoms with E-state index in [4.69, 9.17) is 14.5 Å². The minimum absolute atomic E-state index is 0.0690. The number of aromatic nitrogens is 1. The third kappa shape index (κ3) is 7.33. The number of para-hydroxylation sites is 1. The largest absolute Gasteiger partial charge is 0.471 e. The lowest BCUT2D eigenvalue weighted by atomic mass is 10.0. The van der Waals surface area contributed by atoms with E-state index in [2.05, 4.69) is 5.32 Å². The monoisotopic (exact) mass is 657 g/mol. The van der Waals surface area contributed by atoms with Crippen LogP contribution in [0.1, 0.15) is 48.3 Å². The van der Waals surface area contributed by atoms with Crippen LogP contribution in [0.3, 0.4) is 0 Å². The molecule has 3 aromatic carbocycles. The smallest absolute Gasteiger partial charge is 0.392 e. The summed E-state index contributed by atoms with van der Waals surface area (Å²) in [6.45, 7) is -0.197. The number of thiazole rings is 1. The molecule has 1 aromatic heterocycles. The fourth-order valence-electron chi connectivity index (χ4n) is 5.53. The van der Waals surface area contributed by atoms with Gasteiger partial charge in [-0.05, 0) is 48.2 Å². The summed E-state index contributed by atoms with van der Waals surface area (Å²) in [4.78, 5) is 30.2. The minimum Gasteiger partial charge on any atom is -0.392 e. The van der Waals surface area contributed by atoms with Crippen LogP contribution >= 0.6 is 23.1 Å². The zero-order chi connectivity index (χ0) is 31.6. The number of fused-ring (bicyclic) bond motifs is 1. The molecule has 0 radical (unpaired) electrons. The quantitative estimate of drug-likeness (QED) is 0.206. The predicted molar refractivity (Wildman–Crippen MR) is 165 cm³/mol. The first-order valence-electron chi connectivity index (χ1n) is 14.5. The van der Waals surface area contributed by atoms with Crippen LogP contribution in [0.2, 0.25) is 0 Å². The van der Waals surface area contributed by atoms with Crippen molar-refractivity contribution in [3.8, 4) is 0 Å². The van der Waals surface area contributed by atoms with E-state index >= 15 is 0 Å². The second kappa shape index (κ2) is 13.5. The summed E-state index contributed by atoms with van der Waals surface area (Å²) in [6.07, 6.45) is -5.36. The maximum Gasteiger partial charge on any atom is 0.471 e. The first-order valence-corrected chi connectivity index (χ1v) is 16.3. The van der Waals surface area contributed by atoms with Gasteiger partial charge in [0.05, 0.1) is 29.0 Å². The Morgan fingerprint density at radius 1 is 1.04 bits per heavy atom. The van der Waals surface area contributed by atoms with E-state index in [1.807, 2.05) is 48.5 Å². The molecule has 0 aliphatic carbocycles. The number of nitrogens with zero attached hydrogens (tertiary/aromatic N) is 2. The molecule has 4 aromatic rings. The second-order valence-electron chi connectivity index (χ2n) is 10.9. The van der Waals surface area contributed by atoms with E-state index in [9.17, 15) is 27.9 Å². The van der Waals surface area contributed by atoms with Crippen molar-refractivity contribution in [2.45, 2.75) is 60.9 Å². The van der Waals surface area contributed by atoms with E-state index in [0.29, 0.717) is 34.7 Å². The Balaban J connectivity index is 1.19. The minimum atomic E-state index is -5.05. The van der Waals surface area contributed by atoms with Gasteiger partial charge in [-0.2, -0.15) is 13.2 Å². The number of halogens is 3. The van der Waals surface area contributed by atoms with E-state index in [-0.39, 0.29) is 31.8 Å². The third-order valence-electron chi connectivity index (χ3n) is 7.77. The summed E-state index contributed by atoms with van der Waals surface area (Å²) in [5, 5.41) is 12.2. The molecule has 2 aliphatic rings. The van der Waals surface area contributed by atoms with Crippen molar-refractivity contribution in [3.63, 3.8) is 0 Å². The summed E-state index contributed by atoms with van der Waals surface area (Å²) in [6, 6.07) is 21.1. The second-order valence-corrected chi connectivity index (χ2v) is 13.2. The van der Waals surface area contributed by atoms with Crippen molar-refractivity contribution < 1.29 is 37.3 Å². The molecule has 13 heteroatoms. The molecule has 6 rings (SSSR count). The zero-order valence-corrected chi connectivity index (χ0v) is 25.5. The van der Waals surface area contributed by atoms with Gasteiger partial charge in [0.25, 0.3) is 0 Å². The molecule has 2 fully saturated rings. The van der Waals surface area contributed by atoms with E-state index in [1.54, 1.807) is 47.4 Å². The SMILES string of the molecule is O=C(Nc1cccc(C2OC(CSc3nc4ccccc4s3)CC(c3ccc(CO)cc3)O2)c1)C1CCCN1C(=O)C(F)(F)F. The van der Waals surface area contributed by atoms with Gasteiger partial charge >= 0.3 is 12.1 Å². The van der Waals surface area contributed by atoms with Crippen LogP contribution in [0.15, 0.2) is 77.1 Å². The molecule has 8 nitrogen and oxygen atoms in total. The first kappa shape index (κ1) is 31.5. The zero-order valence-electron chi connectivity index (χ0n) is 23.9. The summed E-state index contributed by atoms with van der Waals surface area (Å²) < 4.78 is 54.1. The van der Waals surface area contributed by atoms with Crippen LogP contribution in [0.25, 0.3) is 10.2 Å². The molecule has 0 spiro atoms. The topological polar surface area (TPSA) is 101 Å². The maximum atomic E-state index is 13.1. The molecular weight excluding hydrogens is 627 g/mol. The summed E-state index contributed by atoms with van der Waals surface area (Å²) >= 11 is 3.23. The number of ether oxygens (including phenoxy) is 2. The average Bonchev–Trinajstić information content (AvgIpc) is 3.70. The molecule has 0 bridgehead atoms. The number of aliphatic hydroxyl groups is 1. The Morgan fingerprint density at radius 2 is 1.84 bits per heavy atom. The van der Waals surface area contributed by atoms with Crippen molar-refractivity contribution in [1.29, 1.82) is 0 Å².